The summed E-state index contributed by atoms with van der Waals surface area (Å²) in [7, 11) is 1.71. The number of hydrogen-bond donors (Lipinski definition) is 0. The lowest BCUT2D eigenvalue weighted by Gasteiger charge is -2.17. The molecular formula is C15H16Cl2N2OS. The Kier molecular flexibility index (Phi) is 5.25. The van der Waals surface area contributed by atoms with Crippen molar-refractivity contribution in [2.24, 2.45) is 0 Å². The molecule has 0 aliphatic heterocycles. The van der Waals surface area contributed by atoms with Crippen LogP contribution in [0.5, 0.6) is 0 Å². The average Bonchev–Trinajstić information content (AvgIpc) is 2.85. The Labute approximate surface area is 138 Å². The molecule has 2 rings (SSSR count). The summed E-state index contributed by atoms with van der Waals surface area (Å²) in [4.78, 5) is 18.3. The van der Waals surface area contributed by atoms with Gasteiger partial charge in [-0.3, -0.25) is 4.79 Å². The van der Waals surface area contributed by atoms with E-state index >= 15 is 0 Å². The maximum atomic E-state index is 12.3. The summed E-state index contributed by atoms with van der Waals surface area (Å²) in [6.45, 7) is 4.18. The first-order chi connectivity index (χ1) is 9.86. The SMILES string of the molecule is CC(C)c1nc(CC(=O)N(C)c2cc(Cl)cc(Cl)c2)cs1. The van der Waals surface area contributed by atoms with Crippen molar-refractivity contribution in [1.82, 2.24) is 4.98 Å². The smallest absolute Gasteiger partial charge is 0.232 e. The minimum absolute atomic E-state index is 0.0473. The molecule has 0 radical (unpaired) electrons. The van der Waals surface area contributed by atoms with E-state index in [4.69, 9.17) is 23.2 Å². The molecule has 0 saturated heterocycles. The van der Waals surface area contributed by atoms with Gasteiger partial charge in [-0.25, -0.2) is 4.98 Å². The number of amides is 1. The minimum atomic E-state index is -0.0473. The van der Waals surface area contributed by atoms with Crippen molar-refractivity contribution in [3.63, 3.8) is 0 Å². The highest BCUT2D eigenvalue weighted by Crippen LogP contribution is 2.25. The number of thiazole rings is 1. The molecule has 112 valence electrons. The van der Waals surface area contributed by atoms with E-state index < -0.39 is 0 Å². The molecule has 0 aliphatic rings. The van der Waals surface area contributed by atoms with Crippen molar-refractivity contribution in [2.75, 3.05) is 11.9 Å². The summed E-state index contributed by atoms with van der Waals surface area (Å²) in [6.07, 6.45) is 0.268. The summed E-state index contributed by atoms with van der Waals surface area (Å²) >= 11 is 13.5. The van der Waals surface area contributed by atoms with Gasteiger partial charge in [-0.15, -0.1) is 11.3 Å². The molecule has 6 heteroatoms. The van der Waals surface area contributed by atoms with Crippen LogP contribution in [0, 0.1) is 0 Å². The zero-order valence-corrected chi connectivity index (χ0v) is 14.4. The van der Waals surface area contributed by atoms with Crippen LogP contribution in [0.4, 0.5) is 5.69 Å². The maximum Gasteiger partial charge on any atom is 0.232 e. The first-order valence-electron chi connectivity index (χ1n) is 6.53. The second-order valence-electron chi connectivity index (χ2n) is 5.09. The van der Waals surface area contributed by atoms with Gasteiger partial charge in [0.05, 0.1) is 17.1 Å². The van der Waals surface area contributed by atoms with E-state index in [0.29, 0.717) is 21.7 Å². The standard InChI is InChI=1S/C15H16Cl2N2OS/c1-9(2)15-18-12(8-21-15)7-14(20)19(3)13-5-10(16)4-11(17)6-13/h4-6,8-9H,7H2,1-3H3. The number of benzene rings is 1. The Hall–Kier alpha value is -1.10. The van der Waals surface area contributed by atoms with Crippen LogP contribution in [0.25, 0.3) is 0 Å². The molecule has 0 saturated carbocycles. The lowest BCUT2D eigenvalue weighted by atomic mass is 10.2. The highest BCUT2D eigenvalue weighted by atomic mass is 35.5. The van der Waals surface area contributed by atoms with Gasteiger partial charge in [-0.05, 0) is 18.2 Å². The van der Waals surface area contributed by atoms with Crippen LogP contribution >= 0.6 is 34.5 Å². The fraction of sp³-hybridized carbons (Fsp3) is 0.333. The predicted molar refractivity (Wildman–Crippen MR) is 89.8 cm³/mol. The van der Waals surface area contributed by atoms with Gasteiger partial charge in [0.25, 0.3) is 0 Å². The Morgan fingerprint density at radius 3 is 2.43 bits per heavy atom. The van der Waals surface area contributed by atoms with Gasteiger partial charge >= 0.3 is 0 Å². The molecule has 0 unspecified atom stereocenters. The molecule has 1 heterocycles. The van der Waals surface area contributed by atoms with E-state index in [1.807, 2.05) is 5.38 Å². The molecule has 21 heavy (non-hydrogen) atoms. The van der Waals surface area contributed by atoms with Crippen LogP contribution in [0.15, 0.2) is 23.6 Å². The van der Waals surface area contributed by atoms with Gasteiger partial charge in [0.15, 0.2) is 0 Å². The number of aromatic nitrogens is 1. The Bertz CT molecular complexity index is 635. The van der Waals surface area contributed by atoms with Crippen molar-refractivity contribution in [3.8, 4) is 0 Å². The number of carbonyl (C=O) groups is 1. The predicted octanol–water partition coefficient (Wildman–Crippen LogP) is 4.78. The second kappa shape index (κ2) is 6.77. The summed E-state index contributed by atoms with van der Waals surface area (Å²) < 4.78 is 0. The molecule has 1 amide bonds. The summed E-state index contributed by atoms with van der Waals surface area (Å²) in [5.74, 6) is 0.331. The number of likely N-dealkylation sites (N-methyl/N-ethyl adjacent to an activating group) is 1. The van der Waals surface area contributed by atoms with Crippen LogP contribution in [0.3, 0.4) is 0 Å². The molecular weight excluding hydrogens is 327 g/mol. The number of nitrogens with zero attached hydrogens (tertiary/aromatic N) is 2. The number of anilines is 1. The van der Waals surface area contributed by atoms with Gasteiger partial charge in [-0.2, -0.15) is 0 Å². The summed E-state index contributed by atoms with van der Waals surface area (Å²) in [5.41, 5.74) is 1.48. The molecule has 0 N–H and O–H groups in total. The molecule has 1 aromatic carbocycles. The molecule has 0 fully saturated rings. The van der Waals surface area contributed by atoms with E-state index in [0.717, 1.165) is 10.7 Å². The van der Waals surface area contributed by atoms with E-state index in [9.17, 15) is 4.79 Å². The lowest BCUT2D eigenvalue weighted by molar-refractivity contribution is -0.117. The summed E-state index contributed by atoms with van der Waals surface area (Å²) in [6, 6.07) is 5.07. The van der Waals surface area contributed by atoms with Gasteiger partial charge < -0.3 is 4.90 Å². The number of rotatable bonds is 4. The molecule has 3 nitrogen and oxygen atoms in total. The van der Waals surface area contributed by atoms with Crippen LogP contribution in [-0.2, 0) is 11.2 Å². The highest BCUT2D eigenvalue weighted by molar-refractivity contribution is 7.09. The van der Waals surface area contributed by atoms with Gasteiger partial charge in [-0.1, -0.05) is 37.0 Å². The quantitative estimate of drug-likeness (QED) is 0.800. The maximum absolute atomic E-state index is 12.3. The van der Waals surface area contributed by atoms with E-state index in [-0.39, 0.29) is 12.3 Å². The zero-order valence-electron chi connectivity index (χ0n) is 12.1. The Morgan fingerprint density at radius 1 is 1.29 bits per heavy atom. The normalized spacial score (nSPS) is 11.0. The van der Waals surface area contributed by atoms with Crippen molar-refractivity contribution in [2.45, 2.75) is 26.2 Å². The van der Waals surface area contributed by atoms with Gasteiger partial charge in [0.2, 0.25) is 5.91 Å². The van der Waals surface area contributed by atoms with Crippen LogP contribution in [-0.4, -0.2) is 17.9 Å². The van der Waals surface area contributed by atoms with Gasteiger partial charge in [0.1, 0.15) is 0 Å². The summed E-state index contributed by atoms with van der Waals surface area (Å²) in [5, 5.41) is 4.00. The second-order valence-corrected chi connectivity index (χ2v) is 6.85. The first-order valence-corrected chi connectivity index (χ1v) is 8.17. The van der Waals surface area contributed by atoms with Crippen LogP contribution < -0.4 is 4.90 Å². The topological polar surface area (TPSA) is 33.2 Å². The first kappa shape index (κ1) is 16.3. The molecule has 1 aromatic heterocycles. The number of halogens is 2. The van der Waals surface area contributed by atoms with Crippen molar-refractivity contribution in [1.29, 1.82) is 0 Å². The van der Waals surface area contributed by atoms with Crippen LogP contribution in [0.2, 0.25) is 10.0 Å². The fourth-order valence-corrected chi connectivity index (χ4v) is 3.17. The highest BCUT2D eigenvalue weighted by Gasteiger charge is 2.15. The van der Waals surface area contributed by atoms with Crippen molar-refractivity contribution >= 4 is 46.1 Å². The van der Waals surface area contributed by atoms with Crippen LogP contribution in [0.1, 0.15) is 30.5 Å². The molecule has 0 aliphatic carbocycles. The average molecular weight is 343 g/mol. The Morgan fingerprint density at radius 2 is 1.90 bits per heavy atom. The molecule has 2 aromatic rings. The third kappa shape index (κ3) is 4.19. The Balaban J connectivity index is 2.11. The number of hydrogen-bond acceptors (Lipinski definition) is 3. The lowest BCUT2D eigenvalue weighted by Crippen LogP contribution is -2.28. The number of carbonyl (C=O) groups excluding carboxylic acids is 1. The zero-order chi connectivity index (χ0) is 15.6. The van der Waals surface area contributed by atoms with Gasteiger partial charge in [0, 0.05) is 34.1 Å². The third-order valence-corrected chi connectivity index (χ3v) is 4.64. The van der Waals surface area contributed by atoms with E-state index in [1.54, 1.807) is 41.5 Å². The third-order valence-electron chi connectivity index (χ3n) is 3.00. The van der Waals surface area contributed by atoms with E-state index in [2.05, 4.69) is 18.8 Å². The molecule has 0 atom stereocenters. The molecule has 0 spiro atoms. The van der Waals surface area contributed by atoms with Crippen molar-refractivity contribution < 1.29 is 4.79 Å². The molecule has 0 bridgehead atoms. The van der Waals surface area contributed by atoms with E-state index in [1.165, 1.54) is 0 Å². The fourth-order valence-electron chi connectivity index (χ4n) is 1.82. The van der Waals surface area contributed by atoms with Crippen molar-refractivity contribution in [3.05, 3.63) is 44.3 Å². The minimum Gasteiger partial charge on any atom is -0.315 e. The monoisotopic (exact) mass is 342 g/mol. The largest absolute Gasteiger partial charge is 0.315 e.